The Balaban J connectivity index is 1.75. The number of aromatic nitrogens is 1. The number of fused-ring (bicyclic) bond motifs is 1. The van der Waals surface area contributed by atoms with E-state index >= 15 is 0 Å². The molecule has 5 nitrogen and oxygen atoms in total. The van der Waals surface area contributed by atoms with E-state index in [0.29, 0.717) is 16.3 Å². The quantitative estimate of drug-likeness (QED) is 0.180. The number of aryl methyl sites for hydroxylation is 1. The van der Waals surface area contributed by atoms with Crippen molar-refractivity contribution in [2.75, 3.05) is 4.90 Å². The molecule has 5 rings (SSSR count). The minimum absolute atomic E-state index is 0.0580. The van der Waals surface area contributed by atoms with Crippen molar-refractivity contribution in [3.8, 4) is 0 Å². The number of halogens is 1. The van der Waals surface area contributed by atoms with Gasteiger partial charge in [-0.3, -0.25) is 14.5 Å². The fraction of sp³-hybridized carbons (Fsp3) is 0.200. The average Bonchev–Trinajstić information content (AvgIpc) is 3.38. The summed E-state index contributed by atoms with van der Waals surface area (Å²) in [5.41, 5.74) is 4.50. The van der Waals surface area contributed by atoms with Crippen molar-refractivity contribution in [2.24, 2.45) is 0 Å². The number of nitrogens with zero attached hydrogens (tertiary/aromatic N) is 1. The van der Waals surface area contributed by atoms with E-state index in [1.165, 1.54) is 4.90 Å². The Bertz CT molecular complexity index is 1540. The number of carbonyl (C=O) groups excluding carboxylic acids is 2. The standard InChI is InChI=1S/C30H27ClN2O3/c1-17-15-20(31)13-14-24(17)33-26(18-9-11-19(12-10-18)30(2,3)4)25(28(35)29(33)36)27(34)22-16-32-23-8-6-5-7-21(22)23/h5-16,26,32,34H,1-4H3/b27-25-. The van der Waals surface area contributed by atoms with Crippen molar-refractivity contribution in [1.29, 1.82) is 0 Å². The van der Waals surface area contributed by atoms with Crippen LogP contribution in [0, 0.1) is 6.92 Å². The van der Waals surface area contributed by atoms with Crippen LogP contribution in [0.15, 0.2) is 78.5 Å². The fourth-order valence-corrected chi connectivity index (χ4v) is 5.09. The molecule has 1 atom stereocenters. The summed E-state index contributed by atoms with van der Waals surface area (Å²) in [4.78, 5) is 31.6. The number of para-hydroxylation sites is 1. The molecule has 0 radical (unpaired) electrons. The second-order valence-corrected chi connectivity index (χ2v) is 10.7. The number of Topliss-reactive ketones (excluding diaryl/α,β-unsaturated/α-hetero) is 1. The number of aliphatic hydroxyl groups excluding tert-OH is 1. The molecule has 2 heterocycles. The smallest absolute Gasteiger partial charge is 0.300 e. The molecule has 0 spiro atoms. The van der Waals surface area contributed by atoms with Gasteiger partial charge in [0.15, 0.2) is 0 Å². The molecule has 0 saturated carbocycles. The van der Waals surface area contributed by atoms with Gasteiger partial charge in [0.1, 0.15) is 5.76 Å². The number of carbonyl (C=O) groups is 2. The number of hydrogen-bond donors (Lipinski definition) is 2. The molecule has 4 aromatic rings. The summed E-state index contributed by atoms with van der Waals surface area (Å²) in [7, 11) is 0. The molecule has 0 aliphatic carbocycles. The minimum atomic E-state index is -0.799. The average molecular weight is 499 g/mol. The van der Waals surface area contributed by atoms with E-state index in [0.717, 1.165) is 27.6 Å². The number of aliphatic hydroxyl groups is 1. The Morgan fingerprint density at radius 1 is 1.00 bits per heavy atom. The zero-order valence-electron chi connectivity index (χ0n) is 20.6. The summed E-state index contributed by atoms with van der Waals surface area (Å²) >= 11 is 6.18. The predicted octanol–water partition coefficient (Wildman–Crippen LogP) is 7.05. The topological polar surface area (TPSA) is 73.4 Å². The second kappa shape index (κ2) is 8.68. The molecule has 1 aliphatic heterocycles. The highest BCUT2D eigenvalue weighted by molar-refractivity contribution is 6.52. The third kappa shape index (κ3) is 3.90. The Kier molecular flexibility index (Phi) is 5.76. The summed E-state index contributed by atoms with van der Waals surface area (Å²) in [5.74, 6) is -1.62. The van der Waals surface area contributed by atoms with Gasteiger partial charge in [0.05, 0.1) is 11.6 Å². The van der Waals surface area contributed by atoms with Gasteiger partial charge in [-0.05, 0) is 53.3 Å². The van der Waals surface area contributed by atoms with Crippen LogP contribution in [0.5, 0.6) is 0 Å². The number of nitrogens with one attached hydrogen (secondary N) is 1. The van der Waals surface area contributed by atoms with Crippen molar-refractivity contribution in [3.05, 3.63) is 106 Å². The highest BCUT2D eigenvalue weighted by atomic mass is 35.5. The normalized spacial score (nSPS) is 17.8. The number of amides is 1. The van der Waals surface area contributed by atoms with Crippen LogP contribution < -0.4 is 4.90 Å². The second-order valence-electron chi connectivity index (χ2n) is 10.2. The van der Waals surface area contributed by atoms with Crippen molar-refractivity contribution >= 4 is 45.6 Å². The molecular weight excluding hydrogens is 472 g/mol. The Morgan fingerprint density at radius 3 is 2.36 bits per heavy atom. The van der Waals surface area contributed by atoms with Gasteiger partial charge >= 0.3 is 0 Å². The zero-order chi connectivity index (χ0) is 25.8. The Labute approximate surface area is 215 Å². The van der Waals surface area contributed by atoms with Crippen LogP contribution in [0.25, 0.3) is 16.7 Å². The highest BCUT2D eigenvalue weighted by Crippen LogP contribution is 2.44. The van der Waals surface area contributed by atoms with Gasteiger partial charge in [0.2, 0.25) is 0 Å². The van der Waals surface area contributed by atoms with Crippen molar-refractivity contribution in [3.63, 3.8) is 0 Å². The Hall–Kier alpha value is -3.83. The molecule has 1 fully saturated rings. The molecule has 3 aromatic carbocycles. The number of H-pyrrole nitrogens is 1. The minimum Gasteiger partial charge on any atom is -0.507 e. The number of hydrogen-bond acceptors (Lipinski definition) is 3. The van der Waals surface area contributed by atoms with Crippen LogP contribution in [0.4, 0.5) is 5.69 Å². The van der Waals surface area contributed by atoms with Crippen LogP contribution in [0.3, 0.4) is 0 Å². The molecule has 1 unspecified atom stereocenters. The van der Waals surface area contributed by atoms with E-state index < -0.39 is 17.7 Å². The van der Waals surface area contributed by atoms with E-state index in [2.05, 4.69) is 25.8 Å². The van der Waals surface area contributed by atoms with Gasteiger partial charge < -0.3 is 10.1 Å². The summed E-state index contributed by atoms with van der Waals surface area (Å²) in [6.45, 7) is 8.23. The van der Waals surface area contributed by atoms with Crippen LogP contribution in [0.1, 0.15) is 49.1 Å². The Morgan fingerprint density at radius 2 is 1.69 bits per heavy atom. The first kappa shape index (κ1) is 23.9. The van der Waals surface area contributed by atoms with E-state index in [9.17, 15) is 14.7 Å². The van der Waals surface area contributed by atoms with E-state index in [1.807, 2.05) is 55.5 Å². The SMILES string of the molecule is Cc1cc(Cl)ccc1N1C(=O)C(=O)/C(=C(\O)c2c[nH]c3ccccc23)C1c1ccc(C(C)(C)C)cc1. The lowest BCUT2D eigenvalue weighted by molar-refractivity contribution is -0.132. The third-order valence-corrected chi connectivity index (χ3v) is 7.03. The van der Waals surface area contributed by atoms with Crippen LogP contribution in [-0.2, 0) is 15.0 Å². The third-order valence-electron chi connectivity index (χ3n) is 6.80. The monoisotopic (exact) mass is 498 g/mol. The lowest BCUT2D eigenvalue weighted by atomic mass is 9.85. The molecule has 1 amide bonds. The molecular formula is C30H27ClN2O3. The lowest BCUT2D eigenvalue weighted by Crippen LogP contribution is -2.30. The van der Waals surface area contributed by atoms with Gasteiger partial charge in [-0.15, -0.1) is 0 Å². The van der Waals surface area contributed by atoms with Crippen LogP contribution in [-0.4, -0.2) is 21.8 Å². The highest BCUT2D eigenvalue weighted by Gasteiger charge is 2.47. The van der Waals surface area contributed by atoms with Gasteiger partial charge in [-0.1, -0.05) is 74.8 Å². The molecule has 1 aromatic heterocycles. The van der Waals surface area contributed by atoms with Crippen molar-refractivity contribution < 1.29 is 14.7 Å². The van der Waals surface area contributed by atoms with Crippen molar-refractivity contribution in [2.45, 2.75) is 39.2 Å². The maximum atomic E-state index is 13.5. The number of ketones is 1. The summed E-state index contributed by atoms with van der Waals surface area (Å²) in [6.07, 6.45) is 1.67. The molecule has 2 N–H and O–H groups in total. The molecule has 182 valence electrons. The molecule has 1 aliphatic rings. The van der Waals surface area contributed by atoms with Gasteiger partial charge in [-0.2, -0.15) is 0 Å². The fourth-order valence-electron chi connectivity index (χ4n) is 4.86. The van der Waals surface area contributed by atoms with Crippen LogP contribution in [0.2, 0.25) is 5.02 Å². The summed E-state index contributed by atoms with van der Waals surface area (Å²) in [5, 5.41) is 12.8. The summed E-state index contributed by atoms with van der Waals surface area (Å²) < 4.78 is 0. The van der Waals surface area contributed by atoms with Gasteiger partial charge in [0, 0.05) is 33.4 Å². The molecule has 0 bridgehead atoms. The van der Waals surface area contributed by atoms with Gasteiger partial charge in [-0.25, -0.2) is 0 Å². The first-order valence-corrected chi connectivity index (χ1v) is 12.2. The molecule has 36 heavy (non-hydrogen) atoms. The number of rotatable bonds is 3. The van der Waals surface area contributed by atoms with Gasteiger partial charge in [0.25, 0.3) is 11.7 Å². The van der Waals surface area contributed by atoms with E-state index in [1.54, 1.807) is 24.4 Å². The molecule has 6 heteroatoms. The first-order valence-electron chi connectivity index (χ1n) is 11.8. The maximum absolute atomic E-state index is 13.5. The lowest BCUT2D eigenvalue weighted by Gasteiger charge is -2.27. The van der Waals surface area contributed by atoms with Crippen molar-refractivity contribution in [1.82, 2.24) is 4.98 Å². The predicted molar refractivity (Wildman–Crippen MR) is 144 cm³/mol. The number of anilines is 1. The largest absolute Gasteiger partial charge is 0.507 e. The van der Waals surface area contributed by atoms with E-state index in [-0.39, 0.29) is 16.7 Å². The van der Waals surface area contributed by atoms with E-state index in [4.69, 9.17) is 11.6 Å². The molecule has 1 saturated heterocycles. The van der Waals surface area contributed by atoms with Crippen LogP contribution >= 0.6 is 11.6 Å². The zero-order valence-corrected chi connectivity index (χ0v) is 21.4. The first-order chi connectivity index (χ1) is 17.1. The summed E-state index contributed by atoms with van der Waals surface area (Å²) in [6, 6.07) is 19.8. The number of aromatic amines is 1. The maximum Gasteiger partial charge on any atom is 0.300 e. The number of benzene rings is 3.